The quantitative estimate of drug-likeness (QED) is 0.734. The van der Waals surface area contributed by atoms with Crippen molar-refractivity contribution >= 4 is 0 Å². The second-order valence-corrected chi connectivity index (χ2v) is 5.95. The van der Waals surface area contributed by atoms with Gasteiger partial charge in [-0.1, -0.05) is 20.8 Å². The average molecular weight is 198 g/mol. The van der Waals surface area contributed by atoms with Crippen LogP contribution in [0.1, 0.15) is 59.8 Å². The Morgan fingerprint density at radius 2 is 1.71 bits per heavy atom. The molecule has 0 heterocycles. The molecule has 1 N–H and O–H groups in total. The molecule has 1 rings (SSSR count). The molecule has 0 aromatic heterocycles. The first-order valence-corrected chi connectivity index (χ1v) is 6.11. The summed E-state index contributed by atoms with van der Waals surface area (Å²) < 4.78 is 0. The predicted molar refractivity (Wildman–Crippen MR) is 61.2 cm³/mol. The molecule has 1 unspecified atom stereocenters. The zero-order valence-corrected chi connectivity index (χ0v) is 10.2. The van der Waals surface area contributed by atoms with Crippen LogP contribution in [0.4, 0.5) is 0 Å². The summed E-state index contributed by atoms with van der Waals surface area (Å²) in [6, 6.07) is 0. The van der Waals surface area contributed by atoms with Crippen LogP contribution < -0.4 is 0 Å². The lowest BCUT2D eigenvalue weighted by Gasteiger charge is -2.39. The van der Waals surface area contributed by atoms with Crippen molar-refractivity contribution in [3.63, 3.8) is 0 Å². The van der Waals surface area contributed by atoms with E-state index in [9.17, 15) is 5.11 Å². The van der Waals surface area contributed by atoms with Gasteiger partial charge in [0.15, 0.2) is 0 Å². The maximum Gasteiger partial charge on any atom is 0.0517 e. The Hall–Kier alpha value is -0.0400. The fraction of sp³-hybridized carbons (Fsp3) is 1.00. The molecule has 14 heavy (non-hydrogen) atoms. The summed E-state index contributed by atoms with van der Waals surface area (Å²) in [7, 11) is 0. The molecule has 1 fully saturated rings. The van der Waals surface area contributed by atoms with Crippen molar-refractivity contribution in [3.05, 3.63) is 0 Å². The molecule has 1 heteroatoms. The molecule has 1 aliphatic carbocycles. The fourth-order valence-electron chi connectivity index (χ4n) is 2.92. The molecule has 0 spiro atoms. The molecule has 0 bridgehead atoms. The van der Waals surface area contributed by atoms with Gasteiger partial charge in [0.2, 0.25) is 0 Å². The highest BCUT2D eigenvalue weighted by Gasteiger charge is 2.32. The van der Waals surface area contributed by atoms with E-state index >= 15 is 0 Å². The van der Waals surface area contributed by atoms with E-state index in [0.29, 0.717) is 5.41 Å². The summed E-state index contributed by atoms with van der Waals surface area (Å²) in [5, 5.41) is 9.44. The van der Waals surface area contributed by atoms with Crippen molar-refractivity contribution in [3.8, 4) is 0 Å². The Labute approximate surface area is 88.9 Å². The Morgan fingerprint density at radius 1 is 1.21 bits per heavy atom. The van der Waals surface area contributed by atoms with Crippen LogP contribution in [-0.4, -0.2) is 11.2 Å². The molecule has 0 saturated heterocycles. The van der Waals surface area contributed by atoms with Crippen molar-refractivity contribution in [1.29, 1.82) is 0 Å². The number of hydrogen-bond acceptors (Lipinski definition) is 1. The van der Waals surface area contributed by atoms with Crippen LogP contribution in [0.5, 0.6) is 0 Å². The monoisotopic (exact) mass is 198 g/mol. The molecule has 0 aromatic carbocycles. The smallest absolute Gasteiger partial charge is 0.0517 e. The number of rotatable bonds is 3. The van der Waals surface area contributed by atoms with Crippen molar-refractivity contribution in [1.82, 2.24) is 0 Å². The number of aliphatic hydroxyl groups excluding tert-OH is 1. The van der Waals surface area contributed by atoms with Crippen LogP contribution in [0.2, 0.25) is 0 Å². The van der Waals surface area contributed by atoms with Gasteiger partial charge in [0.1, 0.15) is 0 Å². The van der Waals surface area contributed by atoms with E-state index in [1.807, 2.05) is 6.92 Å². The van der Waals surface area contributed by atoms with Gasteiger partial charge >= 0.3 is 0 Å². The van der Waals surface area contributed by atoms with E-state index in [4.69, 9.17) is 0 Å². The van der Waals surface area contributed by atoms with Gasteiger partial charge < -0.3 is 5.11 Å². The second-order valence-electron chi connectivity index (χ2n) is 5.95. The third kappa shape index (κ3) is 3.27. The van der Waals surface area contributed by atoms with Gasteiger partial charge in [-0.2, -0.15) is 0 Å². The maximum atomic E-state index is 9.44. The van der Waals surface area contributed by atoms with Gasteiger partial charge in [-0.25, -0.2) is 0 Å². The van der Waals surface area contributed by atoms with E-state index in [2.05, 4.69) is 20.8 Å². The zero-order valence-electron chi connectivity index (χ0n) is 10.2. The summed E-state index contributed by atoms with van der Waals surface area (Å²) in [5.74, 6) is 1.77. The molecule has 1 nitrogen and oxygen atoms in total. The number of aliphatic hydroxyl groups is 1. The van der Waals surface area contributed by atoms with Gasteiger partial charge in [0, 0.05) is 0 Å². The summed E-state index contributed by atoms with van der Waals surface area (Å²) in [4.78, 5) is 0. The normalized spacial score (nSPS) is 36.0. The van der Waals surface area contributed by atoms with Crippen LogP contribution in [0, 0.1) is 17.3 Å². The average Bonchev–Trinajstić information content (AvgIpc) is 2.02. The molecular weight excluding hydrogens is 172 g/mol. The highest BCUT2D eigenvalue weighted by atomic mass is 16.3. The summed E-state index contributed by atoms with van der Waals surface area (Å²) >= 11 is 0. The lowest BCUT2D eigenvalue weighted by Crippen LogP contribution is -2.29. The molecule has 0 radical (unpaired) electrons. The van der Waals surface area contributed by atoms with Gasteiger partial charge in [0.25, 0.3) is 0 Å². The second kappa shape index (κ2) is 4.65. The van der Waals surface area contributed by atoms with Crippen molar-refractivity contribution in [2.75, 3.05) is 0 Å². The van der Waals surface area contributed by atoms with E-state index < -0.39 is 0 Å². The van der Waals surface area contributed by atoms with E-state index in [1.54, 1.807) is 0 Å². The molecule has 1 saturated carbocycles. The van der Waals surface area contributed by atoms with E-state index in [0.717, 1.165) is 18.3 Å². The SMILES string of the molecule is CC(O)CC1(C)CCC(C(C)C)CC1. The minimum absolute atomic E-state index is 0.129. The van der Waals surface area contributed by atoms with Crippen LogP contribution in [0.25, 0.3) is 0 Å². The first kappa shape index (κ1) is 12.0. The molecule has 0 aromatic rings. The first-order chi connectivity index (χ1) is 6.43. The molecule has 1 aliphatic rings. The highest BCUT2D eigenvalue weighted by Crippen LogP contribution is 2.43. The van der Waals surface area contributed by atoms with Gasteiger partial charge in [-0.15, -0.1) is 0 Å². The molecule has 1 atom stereocenters. The lowest BCUT2D eigenvalue weighted by atomic mass is 9.67. The Bertz CT molecular complexity index is 164. The zero-order chi connectivity index (χ0) is 10.8. The topological polar surface area (TPSA) is 20.2 Å². The third-order valence-electron chi connectivity index (χ3n) is 3.97. The predicted octanol–water partition coefficient (Wildman–Crippen LogP) is 3.61. The summed E-state index contributed by atoms with van der Waals surface area (Å²) in [5.41, 5.74) is 0.416. The Balaban J connectivity index is 2.41. The van der Waals surface area contributed by atoms with Crippen LogP contribution >= 0.6 is 0 Å². The fourth-order valence-corrected chi connectivity index (χ4v) is 2.92. The standard InChI is InChI=1S/C13H26O/c1-10(2)12-5-7-13(4,8-6-12)9-11(3)14/h10-12,14H,5-9H2,1-4H3. The molecular formula is C13H26O. The molecule has 0 amide bonds. The molecule has 84 valence electrons. The van der Waals surface area contributed by atoms with Gasteiger partial charge in [0.05, 0.1) is 6.10 Å². The largest absolute Gasteiger partial charge is 0.393 e. The lowest BCUT2D eigenvalue weighted by molar-refractivity contribution is 0.0704. The van der Waals surface area contributed by atoms with Crippen LogP contribution in [0.15, 0.2) is 0 Å². The summed E-state index contributed by atoms with van der Waals surface area (Å²) in [6.45, 7) is 8.93. The maximum absolute atomic E-state index is 9.44. The minimum Gasteiger partial charge on any atom is -0.393 e. The molecule has 0 aliphatic heterocycles. The van der Waals surface area contributed by atoms with E-state index in [-0.39, 0.29) is 6.10 Å². The van der Waals surface area contributed by atoms with Crippen LogP contribution in [-0.2, 0) is 0 Å². The van der Waals surface area contributed by atoms with E-state index in [1.165, 1.54) is 25.7 Å². The van der Waals surface area contributed by atoms with Crippen molar-refractivity contribution < 1.29 is 5.11 Å². The van der Waals surface area contributed by atoms with Gasteiger partial charge in [-0.05, 0) is 56.3 Å². The van der Waals surface area contributed by atoms with Crippen LogP contribution in [0.3, 0.4) is 0 Å². The van der Waals surface area contributed by atoms with Crippen molar-refractivity contribution in [2.45, 2.75) is 65.9 Å². The number of hydrogen-bond donors (Lipinski definition) is 1. The Morgan fingerprint density at radius 3 is 2.07 bits per heavy atom. The summed E-state index contributed by atoms with van der Waals surface area (Å²) in [6.07, 6.45) is 6.19. The van der Waals surface area contributed by atoms with Gasteiger partial charge in [-0.3, -0.25) is 0 Å². The van der Waals surface area contributed by atoms with Crippen molar-refractivity contribution in [2.24, 2.45) is 17.3 Å². The third-order valence-corrected chi connectivity index (χ3v) is 3.97. The minimum atomic E-state index is -0.129. The first-order valence-electron chi connectivity index (χ1n) is 6.11. The Kier molecular flexibility index (Phi) is 4.00. The highest BCUT2D eigenvalue weighted by molar-refractivity contribution is 4.84.